The first-order chi connectivity index (χ1) is 18.1. The number of nitrogens with zero attached hydrogens (tertiary/aromatic N) is 1. The zero-order chi connectivity index (χ0) is 27.8. The van der Waals surface area contributed by atoms with Crippen molar-refractivity contribution in [3.8, 4) is 5.75 Å². The standard InChI is InChI=1S/C27H28N2O9/c1-16-23(26(32)36-3)25(19-7-4-8-20(14-19)29(34)35)24(17(2)28-16)27(33)37-13-5-6-18-9-11-21(12-10-18)38-15-22(30)31/h4,7-12,14,25,28H,5-6,13,15H2,1-3H3,(H,30,31). The highest BCUT2D eigenvalue weighted by Crippen LogP contribution is 2.40. The lowest BCUT2D eigenvalue weighted by molar-refractivity contribution is -0.384. The van der Waals surface area contributed by atoms with E-state index in [1.54, 1.807) is 44.2 Å². The van der Waals surface area contributed by atoms with Crippen LogP contribution >= 0.6 is 0 Å². The Balaban J connectivity index is 1.75. The lowest BCUT2D eigenvalue weighted by Crippen LogP contribution is -2.32. The average molecular weight is 525 g/mol. The number of ether oxygens (including phenoxy) is 3. The average Bonchev–Trinajstić information content (AvgIpc) is 2.89. The normalized spacial score (nSPS) is 15.0. The second-order valence-corrected chi connectivity index (χ2v) is 8.54. The first-order valence-corrected chi connectivity index (χ1v) is 11.7. The van der Waals surface area contributed by atoms with Gasteiger partial charge >= 0.3 is 17.9 Å². The predicted molar refractivity (Wildman–Crippen MR) is 135 cm³/mol. The lowest BCUT2D eigenvalue weighted by Gasteiger charge is -2.30. The number of hydrogen-bond donors (Lipinski definition) is 2. The van der Waals surface area contributed by atoms with Gasteiger partial charge in [0.15, 0.2) is 6.61 Å². The van der Waals surface area contributed by atoms with Crippen LogP contribution < -0.4 is 10.1 Å². The van der Waals surface area contributed by atoms with Gasteiger partial charge in [-0.1, -0.05) is 24.3 Å². The first kappa shape index (κ1) is 27.9. The number of allylic oxidation sites excluding steroid dienone is 2. The van der Waals surface area contributed by atoms with Gasteiger partial charge in [0.1, 0.15) is 5.75 Å². The van der Waals surface area contributed by atoms with Crippen LogP contribution in [0.15, 0.2) is 71.1 Å². The number of carbonyl (C=O) groups is 3. The van der Waals surface area contributed by atoms with Crippen LogP contribution in [-0.2, 0) is 30.3 Å². The molecule has 200 valence electrons. The molecule has 1 atom stereocenters. The number of hydrogen-bond acceptors (Lipinski definition) is 9. The highest BCUT2D eigenvalue weighted by Gasteiger charge is 2.38. The molecule has 11 heteroatoms. The molecule has 3 rings (SSSR count). The molecule has 1 aliphatic rings. The molecule has 0 saturated carbocycles. The second-order valence-electron chi connectivity index (χ2n) is 8.54. The van der Waals surface area contributed by atoms with Crippen molar-refractivity contribution in [2.24, 2.45) is 0 Å². The van der Waals surface area contributed by atoms with Gasteiger partial charge in [-0.05, 0) is 49.9 Å². The van der Waals surface area contributed by atoms with E-state index in [1.165, 1.54) is 25.3 Å². The lowest BCUT2D eigenvalue weighted by atomic mass is 9.80. The van der Waals surface area contributed by atoms with Crippen molar-refractivity contribution >= 4 is 23.6 Å². The Morgan fingerprint density at radius 1 is 1.03 bits per heavy atom. The summed E-state index contributed by atoms with van der Waals surface area (Å²) in [7, 11) is 1.22. The maximum absolute atomic E-state index is 13.3. The molecule has 0 saturated heterocycles. The number of carboxylic acids is 1. The molecule has 0 aliphatic carbocycles. The summed E-state index contributed by atoms with van der Waals surface area (Å²) < 4.78 is 15.6. The number of carbonyl (C=O) groups excluding carboxylic acids is 2. The Morgan fingerprint density at radius 2 is 1.68 bits per heavy atom. The summed E-state index contributed by atoms with van der Waals surface area (Å²) >= 11 is 0. The Labute approximate surface area is 218 Å². The third-order valence-electron chi connectivity index (χ3n) is 5.93. The van der Waals surface area contributed by atoms with E-state index in [1.807, 2.05) is 0 Å². The van der Waals surface area contributed by atoms with Gasteiger partial charge in [-0.15, -0.1) is 0 Å². The highest BCUT2D eigenvalue weighted by atomic mass is 16.6. The van der Waals surface area contributed by atoms with E-state index in [0.29, 0.717) is 35.5 Å². The van der Waals surface area contributed by atoms with E-state index in [9.17, 15) is 24.5 Å². The highest BCUT2D eigenvalue weighted by molar-refractivity contribution is 5.99. The van der Waals surface area contributed by atoms with Crippen LogP contribution in [0.25, 0.3) is 0 Å². The fourth-order valence-corrected chi connectivity index (χ4v) is 4.21. The van der Waals surface area contributed by atoms with Crippen molar-refractivity contribution in [2.45, 2.75) is 32.6 Å². The summed E-state index contributed by atoms with van der Waals surface area (Å²) in [6.45, 7) is 3.00. The molecule has 2 aromatic rings. The predicted octanol–water partition coefficient (Wildman–Crippen LogP) is 3.64. The minimum absolute atomic E-state index is 0.0881. The van der Waals surface area contributed by atoms with E-state index < -0.39 is 35.4 Å². The van der Waals surface area contributed by atoms with E-state index in [-0.39, 0.29) is 23.4 Å². The van der Waals surface area contributed by atoms with E-state index in [4.69, 9.17) is 19.3 Å². The van der Waals surface area contributed by atoms with Crippen LogP contribution in [0.1, 0.15) is 37.3 Å². The summed E-state index contributed by atoms with van der Waals surface area (Å²) in [4.78, 5) is 47.4. The molecular formula is C27H28N2O9. The molecule has 2 aromatic carbocycles. The Morgan fingerprint density at radius 3 is 2.29 bits per heavy atom. The Hall–Kier alpha value is -4.67. The molecule has 0 radical (unpaired) electrons. The van der Waals surface area contributed by atoms with Gasteiger partial charge in [0, 0.05) is 23.5 Å². The maximum atomic E-state index is 13.3. The largest absolute Gasteiger partial charge is 0.482 e. The Bertz CT molecular complexity index is 1300. The molecular weight excluding hydrogens is 496 g/mol. The number of aryl methyl sites for hydroxylation is 1. The number of nitrogens with one attached hydrogen (secondary N) is 1. The zero-order valence-electron chi connectivity index (χ0n) is 21.2. The zero-order valence-corrected chi connectivity index (χ0v) is 21.2. The molecule has 0 fully saturated rings. The van der Waals surface area contributed by atoms with Gasteiger partial charge in [0.25, 0.3) is 5.69 Å². The van der Waals surface area contributed by atoms with Crippen LogP contribution in [0.5, 0.6) is 5.75 Å². The molecule has 0 bridgehead atoms. The van der Waals surface area contributed by atoms with Crippen molar-refractivity contribution in [1.82, 2.24) is 5.32 Å². The van der Waals surface area contributed by atoms with Crippen molar-refractivity contribution in [3.63, 3.8) is 0 Å². The summed E-state index contributed by atoms with van der Waals surface area (Å²) in [6.07, 6.45) is 1.09. The van der Waals surface area contributed by atoms with Crippen LogP contribution in [0.4, 0.5) is 5.69 Å². The number of esters is 2. The minimum Gasteiger partial charge on any atom is -0.482 e. The minimum atomic E-state index is -1.06. The van der Waals surface area contributed by atoms with Gasteiger partial charge in [-0.3, -0.25) is 10.1 Å². The molecule has 2 N–H and O–H groups in total. The molecule has 1 unspecified atom stereocenters. The quantitative estimate of drug-likeness (QED) is 0.193. The smallest absolute Gasteiger partial charge is 0.341 e. The number of rotatable bonds is 11. The van der Waals surface area contributed by atoms with Gasteiger partial charge in [0.05, 0.1) is 35.7 Å². The van der Waals surface area contributed by atoms with Crippen molar-refractivity contribution in [2.75, 3.05) is 20.3 Å². The number of dihydropyridines is 1. The van der Waals surface area contributed by atoms with Crippen molar-refractivity contribution in [1.29, 1.82) is 0 Å². The molecule has 1 aliphatic heterocycles. The van der Waals surface area contributed by atoms with Crippen molar-refractivity contribution < 1.29 is 38.6 Å². The molecule has 38 heavy (non-hydrogen) atoms. The van der Waals surface area contributed by atoms with Crippen LogP contribution in [0, 0.1) is 10.1 Å². The summed E-state index contributed by atoms with van der Waals surface area (Å²) in [5.74, 6) is -2.87. The summed E-state index contributed by atoms with van der Waals surface area (Å²) in [5, 5.41) is 23.1. The first-order valence-electron chi connectivity index (χ1n) is 11.7. The third kappa shape index (κ3) is 6.75. The summed E-state index contributed by atoms with van der Waals surface area (Å²) in [6, 6.07) is 12.7. The van der Waals surface area contributed by atoms with E-state index in [2.05, 4.69) is 5.32 Å². The van der Waals surface area contributed by atoms with Gasteiger partial charge in [0.2, 0.25) is 0 Å². The number of methoxy groups -OCH3 is 1. The van der Waals surface area contributed by atoms with Crippen LogP contribution in [0.3, 0.4) is 0 Å². The van der Waals surface area contributed by atoms with Gasteiger partial charge < -0.3 is 24.6 Å². The molecule has 11 nitrogen and oxygen atoms in total. The number of carboxylic acid groups (broad SMARTS) is 1. The second kappa shape index (κ2) is 12.5. The maximum Gasteiger partial charge on any atom is 0.341 e. The number of non-ortho nitro benzene ring substituents is 1. The molecule has 1 heterocycles. The third-order valence-corrected chi connectivity index (χ3v) is 5.93. The topological polar surface area (TPSA) is 154 Å². The van der Waals surface area contributed by atoms with Crippen LogP contribution in [-0.4, -0.2) is 48.3 Å². The number of nitro groups is 1. The monoisotopic (exact) mass is 524 g/mol. The van der Waals surface area contributed by atoms with Gasteiger partial charge in [-0.25, -0.2) is 14.4 Å². The molecule has 0 spiro atoms. The van der Waals surface area contributed by atoms with Crippen molar-refractivity contribution in [3.05, 3.63) is 92.3 Å². The number of nitro benzene ring substituents is 1. The number of aliphatic carboxylic acids is 1. The SMILES string of the molecule is COC(=O)C1=C(C)NC(C)=C(C(=O)OCCCc2ccc(OCC(=O)O)cc2)C1c1cccc([N+](=O)[O-])c1. The van der Waals surface area contributed by atoms with Crippen LogP contribution in [0.2, 0.25) is 0 Å². The summed E-state index contributed by atoms with van der Waals surface area (Å²) in [5.41, 5.74) is 2.42. The van der Waals surface area contributed by atoms with Gasteiger partial charge in [-0.2, -0.15) is 0 Å². The van der Waals surface area contributed by atoms with E-state index in [0.717, 1.165) is 5.56 Å². The van der Waals surface area contributed by atoms with E-state index >= 15 is 0 Å². The fourth-order valence-electron chi connectivity index (χ4n) is 4.21. The molecule has 0 amide bonds. The molecule has 0 aromatic heterocycles. The Kier molecular flexibility index (Phi) is 9.20. The fraction of sp³-hybridized carbons (Fsp3) is 0.296. The number of benzene rings is 2.